The topological polar surface area (TPSA) is 0 Å². The molecule has 0 N–H and O–H groups in total. The van der Waals surface area contributed by atoms with E-state index in [0.717, 1.165) is 17.3 Å². The summed E-state index contributed by atoms with van der Waals surface area (Å²) in [6, 6.07) is 0. The van der Waals surface area contributed by atoms with Crippen LogP contribution in [0.3, 0.4) is 0 Å². The molecule has 2 atom stereocenters. The summed E-state index contributed by atoms with van der Waals surface area (Å²) in [4.78, 5) is 0. The molecule has 0 heteroatoms. The Labute approximate surface area is 71.4 Å². The van der Waals surface area contributed by atoms with Gasteiger partial charge in [-0.3, -0.25) is 0 Å². The Morgan fingerprint density at radius 1 is 0.909 bits per heavy atom. The van der Waals surface area contributed by atoms with Gasteiger partial charge in [-0.05, 0) is 42.9 Å². The van der Waals surface area contributed by atoms with Gasteiger partial charge in [0.15, 0.2) is 0 Å². The lowest BCUT2D eigenvalue weighted by atomic mass is 10.0. The minimum Gasteiger partial charge on any atom is -0.0683 e. The van der Waals surface area contributed by atoms with E-state index >= 15 is 0 Å². The average Bonchev–Trinajstić information content (AvgIpc) is 2.66. The van der Waals surface area contributed by atoms with Crippen molar-refractivity contribution in [3.63, 3.8) is 0 Å². The predicted molar refractivity (Wildman–Crippen MR) is 50.6 cm³/mol. The minimum absolute atomic E-state index is 0.888. The molecule has 2 fully saturated rings. The molecule has 2 aliphatic rings. The molecular weight excluding hydrogens is 132 g/mol. The molecule has 0 aromatic heterocycles. The Morgan fingerprint density at radius 2 is 1.27 bits per heavy atom. The van der Waals surface area contributed by atoms with Crippen LogP contribution in [0.2, 0.25) is 0 Å². The van der Waals surface area contributed by atoms with Gasteiger partial charge in [-0.1, -0.05) is 27.7 Å². The summed E-state index contributed by atoms with van der Waals surface area (Å²) in [5, 5.41) is 0. The molecule has 0 amide bonds. The quantitative estimate of drug-likeness (QED) is 0.497. The highest BCUT2D eigenvalue weighted by Crippen LogP contribution is 2.61. The van der Waals surface area contributed by atoms with E-state index in [0.29, 0.717) is 0 Å². The van der Waals surface area contributed by atoms with Crippen molar-refractivity contribution in [1.29, 1.82) is 0 Å². The fraction of sp³-hybridized carbons (Fsp3) is 1.00. The second kappa shape index (κ2) is 3.16. The molecule has 0 bridgehead atoms. The van der Waals surface area contributed by atoms with Crippen molar-refractivity contribution < 1.29 is 0 Å². The van der Waals surface area contributed by atoms with Gasteiger partial charge in [0.05, 0.1) is 0 Å². The van der Waals surface area contributed by atoms with Gasteiger partial charge in [0.25, 0.3) is 0 Å². The van der Waals surface area contributed by atoms with E-state index in [1.54, 1.807) is 12.8 Å². The molecule has 0 heterocycles. The van der Waals surface area contributed by atoms with Crippen molar-refractivity contribution >= 4 is 0 Å². The Balaban J connectivity index is 0.000000281. The Morgan fingerprint density at radius 3 is 1.45 bits per heavy atom. The highest BCUT2D eigenvalue weighted by molar-refractivity contribution is 5.00. The summed E-state index contributed by atoms with van der Waals surface area (Å²) in [5.74, 6) is 2.04. The van der Waals surface area contributed by atoms with Gasteiger partial charge in [-0.15, -0.1) is 0 Å². The molecule has 2 saturated carbocycles. The van der Waals surface area contributed by atoms with Gasteiger partial charge < -0.3 is 0 Å². The SMILES string of the molecule is CC.CC1CC2(CC2)CC1C. The first kappa shape index (κ1) is 9.09. The Hall–Kier alpha value is 0. The number of rotatable bonds is 0. The van der Waals surface area contributed by atoms with Crippen molar-refractivity contribution in [2.75, 3.05) is 0 Å². The molecule has 0 aliphatic heterocycles. The van der Waals surface area contributed by atoms with Crippen LogP contribution in [0, 0.1) is 17.3 Å². The first-order valence-corrected chi connectivity index (χ1v) is 5.22. The van der Waals surface area contributed by atoms with E-state index in [1.807, 2.05) is 13.8 Å². The van der Waals surface area contributed by atoms with Crippen LogP contribution in [-0.4, -0.2) is 0 Å². The van der Waals surface area contributed by atoms with Crippen LogP contribution >= 0.6 is 0 Å². The third kappa shape index (κ3) is 1.77. The van der Waals surface area contributed by atoms with Gasteiger partial charge in [0.2, 0.25) is 0 Å². The van der Waals surface area contributed by atoms with Gasteiger partial charge in [0.1, 0.15) is 0 Å². The zero-order valence-electron chi connectivity index (χ0n) is 8.48. The summed E-state index contributed by atoms with van der Waals surface area (Å²) < 4.78 is 0. The molecule has 0 aromatic carbocycles. The zero-order valence-corrected chi connectivity index (χ0v) is 8.48. The first-order chi connectivity index (χ1) is 5.22. The van der Waals surface area contributed by atoms with Gasteiger partial charge in [-0.2, -0.15) is 0 Å². The predicted octanol–water partition coefficient (Wildman–Crippen LogP) is 3.86. The van der Waals surface area contributed by atoms with Crippen LogP contribution in [0.1, 0.15) is 53.4 Å². The number of hydrogen-bond donors (Lipinski definition) is 0. The summed E-state index contributed by atoms with van der Waals surface area (Å²) in [6.07, 6.45) is 6.16. The van der Waals surface area contributed by atoms with Crippen LogP contribution in [0.5, 0.6) is 0 Å². The maximum atomic E-state index is 2.41. The fourth-order valence-electron chi connectivity index (χ4n) is 2.44. The molecule has 0 nitrogen and oxygen atoms in total. The Kier molecular flexibility index (Phi) is 2.61. The summed E-state index contributed by atoms with van der Waals surface area (Å²) >= 11 is 0. The highest BCUT2D eigenvalue weighted by Gasteiger charge is 2.49. The van der Waals surface area contributed by atoms with Crippen LogP contribution in [0.15, 0.2) is 0 Å². The molecule has 0 radical (unpaired) electrons. The molecule has 66 valence electrons. The van der Waals surface area contributed by atoms with E-state index in [1.165, 1.54) is 12.8 Å². The molecule has 11 heavy (non-hydrogen) atoms. The monoisotopic (exact) mass is 154 g/mol. The van der Waals surface area contributed by atoms with Crippen molar-refractivity contribution in [1.82, 2.24) is 0 Å². The molecule has 2 aliphatic carbocycles. The fourth-order valence-corrected chi connectivity index (χ4v) is 2.44. The number of hydrogen-bond acceptors (Lipinski definition) is 0. The van der Waals surface area contributed by atoms with Crippen LogP contribution in [0.4, 0.5) is 0 Å². The summed E-state index contributed by atoms with van der Waals surface area (Å²) in [5.41, 5.74) is 0.888. The summed E-state index contributed by atoms with van der Waals surface area (Å²) in [6.45, 7) is 8.83. The van der Waals surface area contributed by atoms with E-state index in [4.69, 9.17) is 0 Å². The van der Waals surface area contributed by atoms with Crippen molar-refractivity contribution in [3.05, 3.63) is 0 Å². The van der Waals surface area contributed by atoms with Crippen LogP contribution in [-0.2, 0) is 0 Å². The smallest absolute Gasteiger partial charge is 0.0292 e. The summed E-state index contributed by atoms with van der Waals surface area (Å²) in [7, 11) is 0. The van der Waals surface area contributed by atoms with Crippen molar-refractivity contribution in [2.24, 2.45) is 17.3 Å². The second-order valence-electron chi connectivity index (χ2n) is 4.36. The lowest BCUT2D eigenvalue weighted by Crippen LogP contribution is -1.95. The largest absolute Gasteiger partial charge is 0.0683 e. The molecule has 0 aromatic rings. The lowest BCUT2D eigenvalue weighted by molar-refractivity contribution is 0.457. The first-order valence-electron chi connectivity index (χ1n) is 5.22. The lowest BCUT2D eigenvalue weighted by Gasteiger charge is -2.04. The van der Waals surface area contributed by atoms with Gasteiger partial charge >= 0.3 is 0 Å². The standard InChI is InChI=1S/C9H16.C2H6/c1-7-5-9(3-4-9)6-8(7)2;1-2/h7-8H,3-6H2,1-2H3;1-2H3. The normalized spacial score (nSPS) is 38.2. The van der Waals surface area contributed by atoms with E-state index < -0.39 is 0 Å². The second-order valence-corrected chi connectivity index (χ2v) is 4.36. The molecule has 2 unspecified atom stereocenters. The molecule has 2 rings (SSSR count). The third-order valence-corrected chi connectivity index (χ3v) is 3.44. The van der Waals surface area contributed by atoms with Crippen molar-refractivity contribution in [3.8, 4) is 0 Å². The third-order valence-electron chi connectivity index (χ3n) is 3.44. The average molecular weight is 154 g/mol. The van der Waals surface area contributed by atoms with E-state index in [9.17, 15) is 0 Å². The van der Waals surface area contributed by atoms with E-state index in [2.05, 4.69) is 13.8 Å². The van der Waals surface area contributed by atoms with Crippen LogP contribution in [0.25, 0.3) is 0 Å². The Bertz CT molecular complexity index is 110. The van der Waals surface area contributed by atoms with Gasteiger partial charge in [-0.25, -0.2) is 0 Å². The van der Waals surface area contributed by atoms with Crippen LogP contribution < -0.4 is 0 Å². The van der Waals surface area contributed by atoms with E-state index in [-0.39, 0.29) is 0 Å². The highest BCUT2D eigenvalue weighted by atomic mass is 14.5. The minimum atomic E-state index is 0.888. The maximum absolute atomic E-state index is 2.41. The zero-order chi connectivity index (χ0) is 8.48. The maximum Gasteiger partial charge on any atom is -0.0292 e. The van der Waals surface area contributed by atoms with Gasteiger partial charge in [0, 0.05) is 0 Å². The molecule has 0 saturated heterocycles. The molecule has 1 spiro atoms. The molecular formula is C11H22. The van der Waals surface area contributed by atoms with Crippen molar-refractivity contribution in [2.45, 2.75) is 53.4 Å².